The molecule has 2 N–H and O–H groups in total. The number of nitrogens with zero attached hydrogens (tertiary/aromatic N) is 4. The van der Waals surface area contributed by atoms with Crippen molar-refractivity contribution < 1.29 is 9.50 Å². The van der Waals surface area contributed by atoms with Crippen LogP contribution in [-0.2, 0) is 0 Å². The van der Waals surface area contributed by atoms with Gasteiger partial charge in [0.05, 0.1) is 30.1 Å². The highest BCUT2D eigenvalue weighted by atomic mass is 32.2. The van der Waals surface area contributed by atoms with Crippen molar-refractivity contribution in [1.29, 1.82) is 0 Å². The summed E-state index contributed by atoms with van der Waals surface area (Å²) >= 11 is 1.46. The quantitative estimate of drug-likeness (QED) is 0.654. The van der Waals surface area contributed by atoms with Crippen LogP contribution in [0, 0.1) is 0 Å². The average Bonchev–Trinajstić information content (AvgIpc) is 3.34. The second kappa shape index (κ2) is 7.06. The molecule has 0 unspecified atom stereocenters. The van der Waals surface area contributed by atoms with Gasteiger partial charge in [0.2, 0.25) is 0 Å². The first-order valence-corrected chi connectivity index (χ1v) is 11.0. The number of fused-ring (bicyclic) bond motifs is 2. The minimum Gasteiger partial charge on any atom is -0.507 e. The molecule has 1 aromatic carbocycles. The Balaban J connectivity index is 1.34. The Morgan fingerprint density at radius 1 is 1.23 bits per heavy atom. The highest BCUT2D eigenvalue weighted by Gasteiger charge is 2.55. The van der Waals surface area contributed by atoms with Crippen molar-refractivity contribution in [3.63, 3.8) is 0 Å². The van der Waals surface area contributed by atoms with E-state index in [1.54, 1.807) is 31.0 Å². The summed E-state index contributed by atoms with van der Waals surface area (Å²) in [6, 6.07) is 5.37. The lowest BCUT2D eigenvalue weighted by Crippen LogP contribution is -2.61. The van der Waals surface area contributed by atoms with Gasteiger partial charge in [-0.3, -0.25) is 4.98 Å². The Morgan fingerprint density at radius 3 is 2.80 bits per heavy atom. The Morgan fingerprint density at radius 2 is 2.10 bits per heavy atom. The number of piperidine rings is 1. The standard InChI is InChI=1S/C22H24FN5OS/c1-21-5-6-22(2,27-21)20(23)18(10-21)30-19-12-25-16(11-26-19)15-4-3-14(9-17(15)29)28-8-7-24-13-28/h3-4,7-9,11-13,18,20,27,29H,5-6,10H2,1-2H3/t18-,20+,21-,22+/m0/s1. The molecule has 6 nitrogen and oxygen atoms in total. The summed E-state index contributed by atoms with van der Waals surface area (Å²) in [5.41, 5.74) is 1.53. The first kappa shape index (κ1) is 19.5. The number of nitrogens with one attached hydrogen (secondary N) is 1. The molecule has 0 saturated carbocycles. The van der Waals surface area contributed by atoms with E-state index < -0.39 is 11.7 Å². The molecular weight excluding hydrogens is 401 g/mol. The number of imidazole rings is 1. The summed E-state index contributed by atoms with van der Waals surface area (Å²) in [5.74, 6) is 0.121. The van der Waals surface area contributed by atoms with Crippen LogP contribution in [0.1, 0.15) is 33.1 Å². The fourth-order valence-corrected chi connectivity index (χ4v) is 6.16. The number of phenolic OH excluding ortho intramolecular Hbond substituents is 1. The molecule has 2 aliphatic rings. The molecule has 156 valence electrons. The zero-order chi connectivity index (χ0) is 20.9. The van der Waals surface area contributed by atoms with Crippen molar-refractivity contribution in [2.24, 2.45) is 0 Å². The molecule has 3 aromatic rings. The van der Waals surface area contributed by atoms with Crippen LogP contribution in [0.3, 0.4) is 0 Å². The van der Waals surface area contributed by atoms with Crippen molar-refractivity contribution in [1.82, 2.24) is 24.8 Å². The number of aromatic nitrogens is 4. The van der Waals surface area contributed by atoms with Crippen molar-refractivity contribution in [3.05, 3.63) is 49.3 Å². The number of aromatic hydroxyl groups is 1. The minimum absolute atomic E-state index is 0.00878. The van der Waals surface area contributed by atoms with Gasteiger partial charge < -0.3 is 15.0 Å². The summed E-state index contributed by atoms with van der Waals surface area (Å²) in [7, 11) is 0. The summed E-state index contributed by atoms with van der Waals surface area (Å²) in [5, 5.41) is 14.5. The molecule has 2 aromatic heterocycles. The number of hydrogen-bond acceptors (Lipinski definition) is 6. The molecule has 0 aliphatic carbocycles. The van der Waals surface area contributed by atoms with Gasteiger partial charge in [0, 0.05) is 40.4 Å². The third-order valence-corrected chi connectivity index (χ3v) is 7.49. The smallest absolute Gasteiger partial charge is 0.130 e. The van der Waals surface area contributed by atoms with Crippen molar-refractivity contribution in [2.45, 2.75) is 60.6 Å². The van der Waals surface area contributed by atoms with E-state index in [1.807, 2.05) is 29.8 Å². The summed E-state index contributed by atoms with van der Waals surface area (Å²) in [6.45, 7) is 4.17. The number of halogens is 1. The fraction of sp³-hybridized carbons (Fsp3) is 0.409. The molecule has 8 heteroatoms. The maximum Gasteiger partial charge on any atom is 0.130 e. The second-order valence-electron chi connectivity index (χ2n) is 8.78. The molecule has 30 heavy (non-hydrogen) atoms. The van der Waals surface area contributed by atoms with Crippen molar-refractivity contribution in [3.8, 4) is 22.7 Å². The van der Waals surface area contributed by atoms with Crippen LogP contribution in [-0.4, -0.2) is 47.1 Å². The van der Waals surface area contributed by atoms with Crippen LogP contribution in [0.4, 0.5) is 4.39 Å². The van der Waals surface area contributed by atoms with Gasteiger partial charge >= 0.3 is 0 Å². The van der Waals surface area contributed by atoms with Gasteiger partial charge in [0.1, 0.15) is 16.9 Å². The zero-order valence-electron chi connectivity index (χ0n) is 16.9. The number of alkyl halides is 1. The van der Waals surface area contributed by atoms with E-state index in [4.69, 9.17) is 0 Å². The second-order valence-corrected chi connectivity index (χ2v) is 10.0. The minimum atomic E-state index is -0.931. The van der Waals surface area contributed by atoms with Gasteiger partial charge in [-0.1, -0.05) is 11.8 Å². The normalized spacial score (nSPS) is 30.5. The van der Waals surface area contributed by atoms with E-state index in [0.29, 0.717) is 16.3 Å². The van der Waals surface area contributed by atoms with Crippen LogP contribution in [0.25, 0.3) is 16.9 Å². The molecule has 2 fully saturated rings. The van der Waals surface area contributed by atoms with Crippen LogP contribution in [0.5, 0.6) is 5.75 Å². The molecule has 2 bridgehead atoms. The average molecular weight is 426 g/mol. The first-order chi connectivity index (χ1) is 14.4. The van der Waals surface area contributed by atoms with Crippen LogP contribution < -0.4 is 5.32 Å². The molecule has 5 rings (SSSR count). The largest absolute Gasteiger partial charge is 0.507 e. The number of benzene rings is 1. The lowest BCUT2D eigenvalue weighted by molar-refractivity contribution is 0.116. The van der Waals surface area contributed by atoms with Gasteiger partial charge in [-0.15, -0.1) is 0 Å². The molecule has 0 spiro atoms. The highest BCUT2D eigenvalue weighted by molar-refractivity contribution is 7.99. The summed E-state index contributed by atoms with van der Waals surface area (Å²) in [6.07, 6.45) is 10.2. The SMILES string of the molecule is C[C@@]12CC[C@@](C)(N1)[C@H](F)[C@@H](Sc1cnc(-c3ccc(-n4ccnc4)cc3O)cn1)C2. The molecule has 0 radical (unpaired) electrons. The molecule has 2 saturated heterocycles. The molecular formula is C22H24FN5OS. The predicted molar refractivity (Wildman–Crippen MR) is 115 cm³/mol. The van der Waals surface area contributed by atoms with E-state index in [0.717, 1.165) is 24.9 Å². The van der Waals surface area contributed by atoms with Gasteiger partial charge in [-0.25, -0.2) is 14.4 Å². The fourth-order valence-electron chi connectivity index (χ4n) is 4.75. The monoisotopic (exact) mass is 425 g/mol. The zero-order valence-corrected chi connectivity index (χ0v) is 17.7. The summed E-state index contributed by atoms with van der Waals surface area (Å²) in [4.78, 5) is 13.0. The van der Waals surface area contributed by atoms with Gasteiger partial charge in [-0.05, 0) is 45.2 Å². The van der Waals surface area contributed by atoms with Gasteiger partial charge in [0.15, 0.2) is 0 Å². The van der Waals surface area contributed by atoms with E-state index in [9.17, 15) is 5.11 Å². The molecule has 4 heterocycles. The number of hydrogen-bond donors (Lipinski definition) is 2. The molecule has 0 amide bonds. The maximum absolute atomic E-state index is 15.2. The Kier molecular flexibility index (Phi) is 4.59. The van der Waals surface area contributed by atoms with Crippen molar-refractivity contribution >= 4 is 11.8 Å². The Bertz CT molecular complexity index is 1060. The Labute approximate surface area is 179 Å². The van der Waals surface area contributed by atoms with Crippen LogP contribution >= 0.6 is 11.8 Å². The first-order valence-electron chi connectivity index (χ1n) is 10.1. The molecule has 4 atom stereocenters. The highest BCUT2D eigenvalue weighted by Crippen LogP contribution is 2.48. The number of rotatable bonds is 4. The van der Waals surface area contributed by atoms with Gasteiger partial charge in [-0.2, -0.15) is 0 Å². The van der Waals surface area contributed by atoms with E-state index in [1.165, 1.54) is 11.8 Å². The predicted octanol–water partition coefficient (Wildman–Crippen LogP) is 4.14. The van der Waals surface area contributed by atoms with E-state index in [2.05, 4.69) is 27.2 Å². The number of thioether (sulfide) groups is 1. The third-order valence-electron chi connectivity index (χ3n) is 6.33. The summed E-state index contributed by atoms with van der Waals surface area (Å²) < 4.78 is 17.0. The third kappa shape index (κ3) is 3.37. The van der Waals surface area contributed by atoms with E-state index >= 15 is 4.39 Å². The van der Waals surface area contributed by atoms with Gasteiger partial charge in [0.25, 0.3) is 0 Å². The van der Waals surface area contributed by atoms with E-state index in [-0.39, 0.29) is 16.5 Å². The lowest BCUT2D eigenvalue weighted by atomic mass is 9.87. The van der Waals surface area contributed by atoms with Crippen LogP contribution in [0.15, 0.2) is 54.3 Å². The topological polar surface area (TPSA) is 75.9 Å². The maximum atomic E-state index is 15.2. The lowest BCUT2D eigenvalue weighted by Gasteiger charge is -2.44. The Hall–Kier alpha value is -2.45. The number of phenols is 1. The molecule has 2 aliphatic heterocycles. The van der Waals surface area contributed by atoms with Crippen LogP contribution in [0.2, 0.25) is 0 Å². The van der Waals surface area contributed by atoms with Crippen molar-refractivity contribution in [2.75, 3.05) is 0 Å².